The minimum absolute atomic E-state index is 0.590. The molecule has 1 aromatic heterocycles. The number of benzene rings is 1. The first-order valence-corrected chi connectivity index (χ1v) is 5.95. The number of furan rings is 1. The fourth-order valence-corrected chi connectivity index (χ4v) is 1.91. The zero-order valence-corrected chi connectivity index (χ0v) is 10.5. The molecule has 0 bridgehead atoms. The molecule has 1 aromatic carbocycles. The van der Waals surface area contributed by atoms with Crippen LogP contribution >= 0.6 is 23.2 Å². The van der Waals surface area contributed by atoms with Gasteiger partial charge in [0.05, 0.1) is 16.3 Å². The lowest BCUT2D eigenvalue weighted by Crippen LogP contribution is -1.85. The Labute approximate surface area is 105 Å². The third-order valence-corrected chi connectivity index (χ3v) is 3.19. The second-order valence-electron chi connectivity index (χ2n) is 3.70. The Balaban J connectivity index is 2.17. The third kappa shape index (κ3) is 2.60. The summed E-state index contributed by atoms with van der Waals surface area (Å²) in [5.41, 5.74) is 2.30. The van der Waals surface area contributed by atoms with E-state index in [0.29, 0.717) is 10.0 Å². The van der Waals surface area contributed by atoms with Gasteiger partial charge in [-0.05, 0) is 29.3 Å². The first kappa shape index (κ1) is 11.6. The molecule has 0 unspecified atom stereocenters. The van der Waals surface area contributed by atoms with E-state index in [4.69, 9.17) is 27.6 Å². The second-order valence-corrected chi connectivity index (χ2v) is 4.51. The molecule has 0 amide bonds. The quantitative estimate of drug-likeness (QED) is 0.772. The van der Waals surface area contributed by atoms with E-state index in [0.717, 1.165) is 29.7 Å². The average Bonchev–Trinajstić information content (AvgIpc) is 2.71. The monoisotopic (exact) mass is 254 g/mol. The molecule has 0 atom stereocenters. The lowest BCUT2D eigenvalue weighted by atomic mass is 10.1. The lowest BCUT2D eigenvalue weighted by molar-refractivity contribution is 0.514. The summed E-state index contributed by atoms with van der Waals surface area (Å²) in [7, 11) is 0. The molecule has 0 aliphatic rings. The van der Waals surface area contributed by atoms with Crippen LogP contribution in [-0.2, 0) is 12.8 Å². The van der Waals surface area contributed by atoms with Gasteiger partial charge in [0.1, 0.15) is 5.76 Å². The van der Waals surface area contributed by atoms with Crippen LogP contribution in [0.3, 0.4) is 0 Å². The molecule has 16 heavy (non-hydrogen) atoms. The first-order valence-electron chi connectivity index (χ1n) is 5.19. The van der Waals surface area contributed by atoms with Crippen molar-refractivity contribution in [1.82, 2.24) is 0 Å². The Morgan fingerprint density at radius 2 is 1.88 bits per heavy atom. The topological polar surface area (TPSA) is 13.1 Å². The van der Waals surface area contributed by atoms with Crippen LogP contribution in [0.25, 0.3) is 0 Å². The zero-order valence-electron chi connectivity index (χ0n) is 8.97. The van der Waals surface area contributed by atoms with Crippen LogP contribution in [0.2, 0.25) is 10.0 Å². The molecule has 0 spiro atoms. The maximum Gasteiger partial charge on any atom is 0.103 e. The molecule has 2 aromatic rings. The molecule has 0 radical (unpaired) electrons. The molecule has 0 saturated heterocycles. The van der Waals surface area contributed by atoms with Gasteiger partial charge in [-0.3, -0.25) is 0 Å². The average molecular weight is 255 g/mol. The summed E-state index contributed by atoms with van der Waals surface area (Å²) in [5.74, 6) is 1.01. The van der Waals surface area contributed by atoms with E-state index in [1.165, 1.54) is 0 Å². The second kappa shape index (κ2) is 4.94. The van der Waals surface area contributed by atoms with Crippen LogP contribution in [0.4, 0.5) is 0 Å². The fraction of sp³-hybridized carbons (Fsp3) is 0.231. The van der Waals surface area contributed by atoms with E-state index in [1.54, 1.807) is 6.26 Å². The summed E-state index contributed by atoms with van der Waals surface area (Å²) in [5, 5.41) is 1.19. The molecule has 0 fully saturated rings. The summed E-state index contributed by atoms with van der Waals surface area (Å²) < 4.78 is 5.38. The Morgan fingerprint density at radius 1 is 1.06 bits per heavy atom. The molecule has 3 heteroatoms. The van der Waals surface area contributed by atoms with Gasteiger partial charge in [0.15, 0.2) is 0 Å². The SMILES string of the molecule is CCc1cc(Cc2ccc(Cl)c(Cl)c2)co1. The molecule has 1 heterocycles. The van der Waals surface area contributed by atoms with E-state index in [-0.39, 0.29) is 0 Å². The molecule has 0 aliphatic carbocycles. The van der Waals surface area contributed by atoms with Crippen molar-refractivity contribution in [3.8, 4) is 0 Å². The van der Waals surface area contributed by atoms with Crippen molar-refractivity contribution < 1.29 is 4.42 Å². The lowest BCUT2D eigenvalue weighted by Gasteiger charge is -2.00. The number of halogens is 2. The van der Waals surface area contributed by atoms with Gasteiger partial charge in [0.2, 0.25) is 0 Å². The summed E-state index contributed by atoms with van der Waals surface area (Å²) in [6, 6.07) is 7.76. The summed E-state index contributed by atoms with van der Waals surface area (Å²) in [4.78, 5) is 0. The summed E-state index contributed by atoms with van der Waals surface area (Å²) >= 11 is 11.8. The Hall–Kier alpha value is -0.920. The van der Waals surface area contributed by atoms with Gasteiger partial charge in [-0.15, -0.1) is 0 Å². The largest absolute Gasteiger partial charge is 0.469 e. The molecule has 0 aliphatic heterocycles. The van der Waals surface area contributed by atoms with Crippen LogP contribution in [0.5, 0.6) is 0 Å². The number of hydrogen-bond donors (Lipinski definition) is 0. The minimum atomic E-state index is 0.590. The predicted molar refractivity (Wildman–Crippen MR) is 67.4 cm³/mol. The highest BCUT2D eigenvalue weighted by Crippen LogP contribution is 2.24. The van der Waals surface area contributed by atoms with E-state index < -0.39 is 0 Å². The van der Waals surface area contributed by atoms with Crippen molar-refractivity contribution in [2.75, 3.05) is 0 Å². The van der Waals surface area contributed by atoms with Crippen LogP contribution in [0.1, 0.15) is 23.8 Å². The van der Waals surface area contributed by atoms with Gasteiger partial charge in [0.25, 0.3) is 0 Å². The molecule has 0 saturated carbocycles. The van der Waals surface area contributed by atoms with Crippen molar-refractivity contribution in [2.45, 2.75) is 19.8 Å². The van der Waals surface area contributed by atoms with Gasteiger partial charge in [-0.1, -0.05) is 36.2 Å². The maximum atomic E-state index is 5.96. The highest BCUT2D eigenvalue weighted by atomic mass is 35.5. The van der Waals surface area contributed by atoms with Gasteiger partial charge in [-0.25, -0.2) is 0 Å². The van der Waals surface area contributed by atoms with E-state index in [2.05, 4.69) is 13.0 Å². The van der Waals surface area contributed by atoms with Crippen molar-refractivity contribution in [3.05, 3.63) is 57.5 Å². The molecular formula is C13H12Cl2O. The van der Waals surface area contributed by atoms with Crippen molar-refractivity contribution in [2.24, 2.45) is 0 Å². The molecular weight excluding hydrogens is 243 g/mol. The summed E-state index contributed by atoms with van der Waals surface area (Å²) in [6.45, 7) is 2.07. The van der Waals surface area contributed by atoms with Crippen LogP contribution in [-0.4, -0.2) is 0 Å². The molecule has 2 rings (SSSR count). The van der Waals surface area contributed by atoms with Gasteiger partial charge in [-0.2, -0.15) is 0 Å². The van der Waals surface area contributed by atoms with Crippen molar-refractivity contribution >= 4 is 23.2 Å². The normalized spacial score (nSPS) is 10.7. The molecule has 1 nitrogen and oxygen atoms in total. The Morgan fingerprint density at radius 3 is 2.50 bits per heavy atom. The first-order chi connectivity index (χ1) is 7.69. The number of rotatable bonds is 3. The smallest absolute Gasteiger partial charge is 0.103 e. The van der Waals surface area contributed by atoms with Crippen LogP contribution in [0.15, 0.2) is 34.9 Å². The standard InChI is InChI=1S/C13H12Cl2O/c1-2-11-6-10(8-16-11)5-9-3-4-12(14)13(15)7-9/h3-4,6-8H,2,5H2,1H3. The minimum Gasteiger partial charge on any atom is -0.469 e. The van der Waals surface area contributed by atoms with Crippen molar-refractivity contribution in [3.63, 3.8) is 0 Å². The Kier molecular flexibility index (Phi) is 3.57. The third-order valence-electron chi connectivity index (χ3n) is 2.45. The Bertz CT molecular complexity index is 488. The van der Waals surface area contributed by atoms with Gasteiger partial charge in [0, 0.05) is 12.8 Å². The highest BCUT2D eigenvalue weighted by molar-refractivity contribution is 6.42. The highest BCUT2D eigenvalue weighted by Gasteiger charge is 2.03. The predicted octanol–water partition coefficient (Wildman–Crippen LogP) is 4.74. The molecule has 84 valence electrons. The zero-order chi connectivity index (χ0) is 11.5. The maximum absolute atomic E-state index is 5.96. The van der Waals surface area contributed by atoms with Crippen molar-refractivity contribution in [1.29, 1.82) is 0 Å². The molecule has 0 N–H and O–H groups in total. The van der Waals surface area contributed by atoms with Gasteiger partial charge >= 0.3 is 0 Å². The van der Waals surface area contributed by atoms with Crippen LogP contribution < -0.4 is 0 Å². The van der Waals surface area contributed by atoms with Gasteiger partial charge < -0.3 is 4.42 Å². The van der Waals surface area contributed by atoms with E-state index in [1.807, 2.05) is 18.2 Å². The summed E-state index contributed by atoms with van der Waals surface area (Å²) in [6.07, 6.45) is 3.53. The number of aryl methyl sites for hydroxylation is 1. The van der Waals surface area contributed by atoms with E-state index >= 15 is 0 Å². The van der Waals surface area contributed by atoms with Crippen LogP contribution in [0, 0.1) is 0 Å². The number of hydrogen-bond acceptors (Lipinski definition) is 1. The van der Waals surface area contributed by atoms with E-state index in [9.17, 15) is 0 Å². The fourth-order valence-electron chi connectivity index (χ4n) is 1.59.